The van der Waals surface area contributed by atoms with Crippen LogP contribution in [0.3, 0.4) is 0 Å². The number of rotatable bonds is 4. The largest absolute Gasteiger partial charge is 0.416 e. The summed E-state index contributed by atoms with van der Waals surface area (Å²) in [6, 6.07) is 8.70. The number of benzene rings is 1. The van der Waals surface area contributed by atoms with Crippen molar-refractivity contribution in [1.29, 1.82) is 0 Å². The lowest BCUT2D eigenvalue weighted by Crippen LogP contribution is -2.23. The van der Waals surface area contributed by atoms with Gasteiger partial charge in [0.25, 0.3) is 5.91 Å². The van der Waals surface area contributed by atoms with Gasteiger partial charge in [0.05, 0.1) is 17.8 Å². The van der Waals surface area contributed by atoms with Gasteiger partial charge in [0.15, 0.2) is 10.7 Å². The molecule has 4 nitrogen and oxygen atoms in total. The van der Waals surface area contributed by atoms with Crippen LogP contribution in [0, 0.1) is 0 Å². The van der Waals surface area contributed by atoms with Crippen molar-refractivity contribution in [1.82, 2.24) is 14.7 Å². The Bertz CT molecular complexity index is 1100. The number of alkyl halides is 3. The number of carbonyl (C=O) groups is 1. The average Bonchev–Trinajstić information content (AvgIpc) is 3.35. The fraction of sp³-hybridized carbons (Fsp3) is 0.111. The highest BCUT2D eigenvalue weighted by atomic mass is 32.1. The van der Waals surface area contributed by atoms with Crippen LogP contribution in [0.5, 0.6) is 0 Å². The summed E-state index contributed by atoms with van der Waals surface area (Å²) in [5, 5.41) is 6.46. The molecule has 27 heavy (non-hydrogen) atoms. The molecule has 9 heteroatoms. The lowest BCUT2D eigenvalue weighted by atomic mass is 10.1. The van der Waals surface area contributed by atoms with Crippen LogP contribution in [0.4, 0.5) is 13.2 Å². The van der Waals surface area contributed by atoms with Gasteiger partial charge in [-0.15, -0.1) is 22.7 Å². The number of hydrogen-bond acceptors (Lipinski definition) is 4. The summed E-state index contributed by atoms with van der Waals surface area (Å²) in [4.78, 5) is 18.5. The maximum absolute atomic E-state index is 13.1. The van der Waals surface area contributed by atoms with E-state index in [0.29, 0.717) is 17.2 Å². The zero-order chi connectivity index (χ0) is 19.0. The van der Waals surface area contributed by atoms with E-state index < -0.39 is 17.6 Å². The standard InChI is InChI=1S/C18H12F3N3OS2/c19-18(20,21)12-4-1-3-11(9-12)15-14(23-17-24(15)6-8-27-17)16(25)22-10-13-5-2-7-26-13/h1-9H,10H2,(H,22,25). The van der Waals surface area contributed by atoms with Crippen LogP contribution in [0.1, 0.15) is 20.9 Å². The first-order valence-electron chi connectivity index (χ1n) is 7.87. The average molecular weight is 407 g/mol. The molecular weight excluding hydrogens is 395 g/mol. The topological polar surface area (TPSA) is 46.4 Å². The molecule has 0 unspecified atom stereocenters. The lowest BCUT2D eigenvalue weighted by molar-refractivity contribution is -0.137. The molecule has 0 atom stereocenters. The molecule has 1 amide bonds. The fourth-order valence-corrected chi connectivity index (χ4v) is 4.09. The van der Waals surface area contributed by atoms with Gasteiger partial charge in [-0.2, -0.15) is 13.2 Å². The minimum atomic E-state index is -4.46. The normalized spacial score (nSPS) is 11.8. The Balaban J connectivity index is 1.75. The number of amides is 1. The molecule has 0 saturated carbocycles. The first kappa shape index (κ1) is 17.7. The second kappa shape index (κ2) is 6.82. The molecule has 3 heterocycles. The number of carbonyl (C=O) groups excluding carboxylic acids is 1. The summed E-state index contributed by atoms with van der Waals surface area (Å²) in [7, 11) is 0. The molecule has 0 radical (unpaired) electrons. The minimum Gasteiger partial charge on any atom is -0.346 e. The number of thiophene rings is 1. The third-order valence-electron chi connectivity index (χ3n) is 3.94. The number of halogens is 3. The molecule has 138 valence electrons. The van der Waals surface area contributed by atoms with Gasteiger partial charge < -0.3 is 5.32 Å². The Labute approximate surface area is 159 Å². The van der Waals surface area contributed by atoms with E-state index >= 15 is 0 Å². The molecule has 0 aliphatic rings. The molecular formula is C18H12F3N3OS2. The van der Waals surface area contributed by atoms with Crippen LogP contribution in [0.15, 0.2) is 53.4 Å². The van der Waals surface area contributed by atoms with Crippen LogP contribution < -0.4 is 5.32 Å². The van der Waals surface area contributed by atoms with Crippen molar-refractivity contribution in [3.05, 3.63) is 69.5 Å². The van der Waals surface area contributed by atoms with E-state index in [9.17, 15) is 18.0 Å². The molecule has 0 aliphatic carbocycles. The van der Waals surface area contributed by atoms with Crippen molar-refractivity contribution in [3.8, 4) is 11.3 Å². The van der Waals surface area contributed by atoms with E-state index in [4.69, 9.17) is 0 Å². The zero-order valence-corrected chi connectivity index (χ0v) is 15.3. The summed E-state index contributed by atoms with van der Waals surface area (Å²) < 4.78 is 40.9. The number of nitrogens with one attached hydrogen (secondary N) is 1. The third kappa shape index (κ3) is 3.47. The molecule has 4 aromatic rings. The molecule has 0 bridgehead atoms. The van der Waals surface area contributed by atoms with E-state index in [1.54, 1.807) is 22.0 Å². The van der Waals surface area contributed by atoms with Crippen molar-refractivity contribution in [2.24, 2.45) is 0 Å². The van der Waals surface area contributed by atoms with Crippen molar-refractivity contribution < 1.29 is 18.0 Å². The van der Waals surface area contributed by atoms with Gasteiger partial charge in [0, 0.05) is 22.0 Å². The highest BCUT2D eigenvalue weighted by Crippen LogP contribution is 2.34. The number of nitrogens with zero attached hydrogens (tertiary/aromatic N) is 2. The Kier molecular flexibility index (Phi) is 4.48. The predicted octanol–water partition coefficient (Wildman–Crippen LogP) is 5.07. The quantitative estimate of drug-likeness (QED) is 0.513. The lowest BCUT2D eigenvalue weighted by Gasteiger charge is -2.10. The highest BCUT2D eigenvalue weighted by Gasteiger charge is 2.31. The summed E-state index contributed by atoms with van der Waals surface area (Å²) in [5.41, 5.74) is -0.0223. The number of hydrogen-bond donors (Lipinski definition) is 1. The van der Waals surface area contributed by atoms with E-state index in [-0.39, 0.29) is 11.3 Å². The summed E-state index contributed by atoms with van der Waals surface area (Å²) >= 11 is 2.82. The smallest absolute Gasteiger partial charge is 0.346 e. The van der Waals surface area contributed by atoms with Crippen LogP contribution in [-0.2, 0) is 12.7 Å². The minimum absolute atomic E-state index is 0.109. The summed E-state index contributed by atoms with van der Waals surface area (Å²) in [6.07, 6.45) is -2.77. The van der Waals surface area contributed by atoms with Crippen molar-refractivity contribution in [2.45, 2.75) is 12.7 Å². The number of thiazole rings is 1. The molecule has 1 N–H and O–H groups in total. The first-order valence-corrected chi connectivity index (χ1v) is 9.63. The van der Waals surface area contributed by atoms with Crippen molar-refractivity contribution >= 4 is 33.5 Å². The SMILES string of the molecule is O=C(NCc1cccs1)c1nc2sccn2c1-c1cccc(C(F)(F)F)c1. The van der Waals surface area contributed by atoms with E-state index in [0.717, 1.165) is 17.0 Å². The Morgan fingerprint density at radius 1 is 1.15 bits per heavy atom. The zero-order valence-electron chi connectivity index (χ0n) is 13.7. The van der Waals surface area contributed by atoms with Crippen LogP contribution in [-0.4, -0.2) is 15.3 Å². The molecule has 0 saturated heterocycles. The number of fused-ring (bicyclic) bond motifs is 1. The van der Waals surface area contributed by atoms with Gasteiger partial charge in [-0.1, -0.05) is 18.2 Å². The van der Waals surface area contributed by atoms with Crippen LogP contribution in [0.2, 0.25) is 0 Å². The predicted molar refractivity (Wildman–Crippen MR) is 99.0 cm³/mol. The van der Waals surface area contributed by atoms with Gasteiger partial charge >= 0.3 is 6.18 Å². The highest BCUT2D eigenvalue weighted by molar-refractivity contribution is 7.15. The second-order valence-corrected chi connectivity index (χ2v) is 7.61. The molecule has 0 aliphatic heterocycles. The van der Waals surface area contributed by atoms with Crippen LogP contribution >= 0.6 is 22.7 Å². The Morgan fingerprint density at radius 2 is 2.00 bits per heavy atom. The Morgan fingerprint density at radius 3 is 2.74 bits per heavy atom. The molecule has 4 rings (SSSR count). The van der Waals surface area contributed by atoms with E-state index in [2.05, 4.69) is 10.3 Å². The van der Waals surface area contributed by atoms with Crippen molar-refractivity contribution in [3.63, 3.8) is 0 Å². The van der Waals surface area contributed by atoms with Gasteiger partial charge in [0.2, 0.25) is 0 Å². The summed E-state index contributed by atoms with van der Waals surface area (Å²) in [5.74, 6) is -0.424. The van der Waals surface area contributed by atoms with E-state index in [1.165, 1.54) is 28.7 Å². The molecule has 0 spiro atoms. The first-order chi connectivity index (χ1) is 12.9. The maximum atomic E-state index is 13.1. The van der Waals surface area contributed by atoms with Crippen molar-refractivity contribution in [2.75, 3.05) is 0 Å². The number of imidazole rings is 1. The molecule has 0 fully saturated rings. The number of aromatic nitrogens is 2. The molecule has 3 aromatic heterocycles. The third-order valence-corrected chi connectivity index (χ3v) is 5.58. The second-order valence-electron chi connectivity index (χ2n) is 5.71. The fourth-order valence-electron chi connectivity index (χ4n) is 2.73. The maximum Gasteiger partial charge on any atom is 0.416 e. The van der Waals surface area contributed by atoms with Gasteiger partial charge in [-0.05, 0) is 23.6 Å². The van der Waals surface area contributed by atoms with Gasteiger partial charge in [-0.25, -0.2) is 4.98 Å². The monoisotopic (exact) mass is 407 g/mol. The Hall–Kier alpha value is -2.65. The molecule has 1 aromatic carbocycles. The van der Waals surface area contributed by atoms with Gasteiger partial charge in [0.1, 0.15) is 0 Å². The van der Waals surface area contributed by atoms with Crippen LogP contribution in [0.25, 0.3) is 16.2 Å². The summed E-state index contributed by atoms with van der Waals surface area (Å²) in [6.45, 7) is 0.337. The van der Waals surface area contributed by atoms with Gasteiger partial charge in [-0.3, -0.25) is 9.20 Å². The van der Waals surface area contributed by atoms with E-state index in [1.807, 2.05) is 17.5 Å².